The molecule has 0 fully saturated rings. The van der Waals surface area contributed by atoms with Crippen LogP contribution >= 0.6 is 11.6 Å². The number of aromatic amines is 1. The number of halogens is 1. The zero-order valence-electron chi connectivity index (χ0n) is 24.6. The van der Waals surface area contributed by atoms with Crippen molar-refractivity contribution in [1.82, 2.24) is 14.5 Å². The second-order valence-electron chi connectivity index (χ2n) is 11.8. The molecule has 0 radical (unpaired) electrons. The van der Waals surface area contributed by atoms with Crippen LogP contribution in [0.3, 0.4) is 0 Å². The van der Waals surface area contributed by atoms with Crippen molar-refractivity contribution in [2.24, 2.45) is 7.05 Å². The molecule has 1 aliphatic heterocycles. The summed E-state index contributed by atoms with van der Waals surface area (Å²) in [5.74, 6) is -0.337. The van der Waals surface area contributed by atoms with E-state index in [1.807, 2.05) is 24.3 Å². The number of aromatic hydroxyl groups is 1. The molecular weight excluding hydrogens is 584 g/mol. The fraction of sp³-hybridized carbons (Fsp3) is 0.250. The van der Waals surface area contributed by atoms with E-state index in [4.69, 9.17) is 16.3 Å². The summed E-state index contributed by atoms with van der Waals surface area (Å²) in [7, 11) is 1.69. The molecule has 11 nitrogen and oxygen atoms in total. The Balaban J connectivity index is 1.22. The number of alkyl halides is 1. The lowest BCUT2D eigenvalue weighted by molar-refractivity contribution is 0.0635. The highest BCUT2D eigenvalue weighted by Gasteiger charge is 2.36. The van der Waals surface area contributed by atoms with Crippen LogP contribution in [0.25, 0.3) is 21.8 Å². The number of nitrogens with one attached hydrogen (secondary N) is 3. The Hall–Kier alpha value is -5.03. The molecule has 12 heteroatoms. The summed E-state index contributed by atoms with van der Waals surface area (Å²) in [5.41, 5.74) is 3.19. The van der Waals surface area contributed by atoms with Gasteiger partial charge in [0.05, 0.1) is 22.4 Å². The number of aryl methyl sites for hydroxylation is 1. The summed E-state index contributed by atoms with van der Waals surface area (Å²) >= 11 is 6.33. The maximum Gasteiger partial charge on any atom is 0.412 e. The Morgan fingerprint density at radius 2 is 1.82 bits per heavy atom. The first-order valence-corrected chi connectivity index (χ1v) is 14.5. The van der Waals surface area contributed by atoms with Gasteiger partial charge in [0.1, 0.15) is 17.0 Å². The Morgan fingerprint density at radius 3 is 2.55 bits per heavy atom. The van der Waals surface area contributed by atoms with Gasteiger partial charge >= 0.3 is 6.09 Å². The molecule has 0 aliphatic carbocycles. The highest BCUT2D eigenvalue weighted by molar-refractivity contribution is 6.19. The molecule has 1 atom stereocenters. The molecule has 0 bridgehead atoms. The number of H-pyrrole nitrogens is 1. The molecule has 44 heavy (non-hydrogen) atoms. The van der Waals surface area contributed by atoms with E-state index in [1.165, 1.54) is 0 Å². The Bertz CT molecular complexity index is 1960. The van der Waals surface area contributed by atoms with Crippen molar-refractivity contribution < 1.29 is 24.2 Å². The topological polar surface area (TPSA) is 142 Å². The van der Waals surface area contributed by atoms with Gasteiger partial charge in [0.25, 0.3) is 11.8 Å². The molecule has 0 saturated carbocycles. The predicted molar refractivity (Wildman–Crippen MR) is 170 cm³/mol. The average molecular weight is 615 g/mol. The van der Waals surface area contributed by atoms with Gasteiger partial charge in [-0.25, -0.2) is 9.78 Å². The van der Waals surface area contributed by atoms with Gasteiger partial charge in [-0.05, 0) is 56.0 Å². The number of carbonyl (C=O) groups excluding carboxylic acids is 3. The average Bonchev–Trinajstić information content (AvgIpc) is 3.66. The van der Waals surface area contributed by atoms with Gasteiger partial charge < -0.3 is 29.6 Å². The van der Waals surface area contributed by atoms with Crippen molar-refractivity contribution in [1.29, 1.82) is 0 Å². The normalized spacial score (nSPS) is 14.6. The highest BCUT2D eigenvalue weighted by Crippen LogP contribution is 2.45. The standard InChI is InChI=1S/C32H31ClN6O5/c1-32(2,3)44-31(43)35-19-12-25(38(4)16-19)29(41)34-18-9-10-22-23(11-18)37-28(36-22)30(42)39-15-17(14-33)27-21-8-6-5-7-20(21)26(40)13-24(27)39/h5-13,16-17,40H,14-15H2,1-4H3,(H,34,41)(H,35,43)(H,36,37)/t17-/m1/s1. The monoisotopic (exact) mass is 614 g/mol. The first-order valence-electron chi connectivity index (χ1n) is 14.0. The molecule has 0 spiro atoms. The van der Waals surface area contributed by atoms with E-state index in [0.717, 1.165) is 10.9 Å². The number of phenolic OH excluding ortho intramolecular Hbond substituents is 1. The van der Waals surface area contributed by atoms with Crippen LogP contribution in [-0.2, 0) is 11.8 Å². The number of aromatic nitrogens is 3. The van der Waals surface area contributed by atoms with Crippen molar-refractivity contribution in [3.05, 3.63) is 77.9 Å². The van der Waals surface area contributed by atoms with E-state index in [0.29, 0.717) is 51.6 Å². The quantitative estimate of drug-likeness (QED) is 0.170. The fourth-order valence-corrected chi connectivity index (χ4v) is 5.79. The maximum absolute atomic E-state index is 13.7. The van der Waals surface area contributed by atoms with E-state index in [2.05, 4.69) is 20.6 Å². The number of ether oxygens (including phenoxy) is 1. The van der Waals surface area contributed by atoms with E-state index < -0.39 is 17.6 Å². The van der Waals surface area contributed by atoms with Gasteiger partial charge in [0, 0.05) is 48.7 Å². The molecule has 5 aromatic rings. The molecule has 4 N–H and O–H groups in total. The number of imidazole rings is 1. The van der Waals surface area contributed by atoms with Crippen LogP contribution in [0.2, 0.25) is 0 Å². The molecule has 0 unspecified atom stereocenters. The number of hydrogen-bond acceptors (Lipinski definition) is 6. The lowest BCUT2D eigenvalue weighted by Crippen LogP contribution is -2.30. The first kappa shape index (κ1) is 29.1. The van der Waals surface area contributed by atoms with Crippen molar-refractivity contribution in [2.45, 2.75) is 32.3 Å². The molecule has 6 rings (SSSR count). The Morgan fingerprint density at radius 1 is 1.07 bits per heavy atom. The van der Waals surface area contributed by atoms with E-state index in [9.17, 15) is 19.5 Å². The van der Waals surface area contributed by atoms with Crippen LogP contribution in [-0.4, -0.2) is 55.6 Å². The number of rotatable bonds is 5. The zero-order valence-corrected chi connectivity index (χ0v) is 25.3. The molecule has 3 amide bonds. The smallest absolute Gasteiger partial charge is 0.412 e. The number of hydrogen-bond donors (Lipinski definition) is 4. The zero-order chi connectivity index (χ0) is 31.3. The molecule has 0 saturated heterocycles. The maximum atomic E-state index is 13.7. The van der Waals surface area contributed by atoms with Crippen molar-refractivity contribution >= 4 is 68.4 Å². The summed E-state index contributed by atoms with van der Waals surface area (Å²) in [6.45, 7) is 5.65. The first-order chi connectivity index (χ1) is 20.9. The van der Waals surface area contributed by atoms with Gasteiger partial charge in [0.2, 0.25) is 0 Å². The number of benzene rings is 3. The minimum Gasteiger partial charge on any atom is -0.507 e. The van der Waals surface area contributed by atoms with Crippen molar-refractivity contribution in [2.75, 3.05) is 28.0 Å². The third kappa shape index (κ3) is 5.42. The van der Waals surface area contributed by atoms with Gasteiger partial charge in [-0.2, -0.15) is 0 Å². The number of amides is 3. The summed E-state index contributed by atoms with van der Waals surface area (Å²) in [4.78, 5) is 48.1. The second kappa shape index (κ2) is 10.9. The molecule has 226 valence electrons. The van der Waals surface area contributed by atoms with Gasteiger partial charge in [-0.1, -0.05) is 24.3 Å². The Kier molecular flexibility index (Phi) is 7.21. The summed E-state index contributed by atoms with van der Waals surface area (Å²) in [6.07, 6.45) is 0.994. The Labute approximate surface area is 257 Å². The number of fused-ring (bicyclic) bond motifs is 4. The second-order valence-corrected chi connectivity index (χ2v) is 12.1. The highest BCUT2D eigenvalue weighted by atomic mass is 35.5. The molecule has 2 aromatic heterocycles. The van der Waals surface area contributed by atoms with E-state index >= 15 is 0 Å². The van der Waals surface area contributed by atoms with Crippen LogP contribution in [0.5, 0.6) is 5.75 Å². The van der Waals surface area contributed by atoms with Crippen LogP contribution < -0.4 is 15.5 Å². The number of carbonyl (C=O) groups is 3. The SMILES string of the molecule is Cn1cc(NC(=O)OC(C)(C)C)cc1C(=O)Nc1ccc2nc(C(=O)N3C[C@@H](CCl)c4c3cc(O)c3ccccc43)[nH]c2c1. The van der Waals surface area contributed by atoms with Crippen molar-refractivity contribution in [3.8, 4) is 5.75 Å². The van der Waals surface area contributed by atoms with Crippen LogP contribution in [0.1, 0.15) is 53.4 Å². The molecule has 1 aliphatic rings. The summed E-state index contributed by atoms with van der Waals surface area (Å²) < 4.78 is 6.87. The van der Waals surface area contributed by atoms with Crippen LogP contribution in [0.15, 0.2) is 60.8 Å². The fourth-order valence-electron chi connectivity index (χ4n) is 5.54. The van der Waals surface area contributed by atoms with Crippen LogP contribution in [0.4, 0.5) is 21.9 Å². The predicted octanol–water partition coefficient (Wildman–Crippen LogP) is 6.34. The summed E-state index contributed by atoms with van der Waals surface area (Å²) in [5, 5.41) is 17.8. The van der Waals surface area contributed by atoms with E-state index in [1.54, 1.807) is 73.8 Å². The van der Waals surface area contributed by atoms with Gasteiger partial charge in [0.15, 0.2) is 5.82 Å². The number of phenols is 1. The molecule has 3 aromatic carbocycles. The lowest BCUT2D eigenvalue weighted by Gasteiger charge is -2.19. The third-order valence-corrected chi connectivity index (χ3v) is 7.77. The number of nitrogens with zero attached hydrogens (tertiary/aromatic N) is 3. The summed E-state index contributed by atoms with van der Waals surface area (Å²) in [6, 6.07) is 15.8. The largest absolute Gasteiger partial charge is 0.507 e. The van der Waals surface area contributed by atoms with Crippen molar-refractivity contribution in [3.63, 3.8) is 0 Å². The third-order valence-electron chi connectivity index (χ3n) is 7.40. The minimum atomic E-state index is -0.654. The number of anilines is 3. The van der Waals surface area contributed by atoms with Gasteiger partial charge in [-0.3, -0.25) is 14.9 Å². The molecule has 3 heterocycles. The van der Waals surface area contributed by atoms with Gasteiger partial charge in [-0.15, -0.1) is 11.6 Å². The van der Waals surface area contributed by atoms with Crippen LogP contribution in [0, 0.1) is 0 Å². The van der Waals surface area contributed by atoms with E-state index in [-0.39, 0.29) is 23.4 Å². The lowest BCUT2D eigenvalue weighted by atomic mass is 9.95. The minimum absolute atomic E-state index is 0.0864. The molecular formula is C32H31ClN6O5.